The lowest BCUT2D eigenvalue weighted by Gasteiger charge is -2.23. The standard InChI is InChI=1S/C14H28N4O/c1-4-11(2)17-14(15-3)16-10-13(19)18-12-8-6-5-7-9-12/h11-12H,4-10H2,1-3H3,(H,18,19)(H2,15,16,17). The van der Waals surface area contributed by atoms with Gasteiger partial charge in [0.05, 0.1) is 6.54 Å². The minimum Gasteiger partial charge on any atom is -0.354 e. The second-order valence-corrected chi connectivity index (χ2v) is 5.28. The van der Waals surface area contributed by atoms with E-state index in [1.165, 1.54) is 19.3 Å². The molecule has 0 aliphatic heterocycles. The van der Waals surface area contributed by atoms with Gasteiger partial charge in [-0.3, -0.25) is 9.79 Å². The second-order valence-electron chi connectivity index (χ2n) is 5.28. The number of nitrogens with zero attached hydrogens (tertiary/aromatic N) is 1. The monoisotopic (exact) mass is 268 g/mol. The number of rotatable bonds is 5. The van der Waals surface area contributed by atoms with Crippen molar-refractivity contribution in [3.63, 3.8) is 0 Å². The van der Waals surface area contributed by atoms with E-state index < -0.39 is 0 Å². The zero-order valence-electron chi connectivity index (χ0n) is 12.5. The molecule has 0 heterocycles. The van der Waals surface area contributed by atoms with Crippen LogP contribution in [0.25, 0.3) is 0 Å². The highest BCUT2D eigenvalue weighted by Crippen LogP contribution is 2.16. The molecular formula is C14H28N4O. The highest BCUT2D eigenvalue weighted by atomic mass is 16.2. The maximum absolute atomic E-state index is 11.8. The van der Waals surface area contributed by atoms with Crippen molar-refractivity contribution >= 4 is 11.9 Å². The molecule has 5 heteroatoms. The number of hydrogen-bond donors (Lipinski definition) is 3. The number of carbonyl (C=O) groups excluding carboxylic acids is 1. The molecule has 1 amide bonds. The first kappa shape index (κ1) is 15.8. The van der Waals surface area contributed by atoms with Gasteiger partial charge in [0.2, 0.25) is 5.91 Å². The lowest BCUT2D eigenvalue weighted by molar-refractivity contribution is -0.120. The van der Waals surface area contributed by atoms with E-state index >= 15 is 0 Å². The van der Waals surface area contributed by atoms with Crippen molar-refractivity contribution in [3.05, 3.63) is 0 Å². The van der Waals surface area contributed by atoms with Gasteiger partial charge >= 0.3 is 0 Å². The largest absolute Gasteiger partial charge is 0.354 e. The van der Waals surface area contributed by atoms with Crippen LogP contribution < -0.4 is 16.0 Å². The van der Waals surface area contributed by atoms with Gasteiger partial charge in [0.25, 0.3) is 0 Å². The van der Waals surface area contributed by atoms with Gasteiger partial charge in [-0.05, 0) is 26.2 Å². The molecule has 1 unspecified atom stereocenters. The third kappa shape index (κ3) is 6.45. The molecule has 1 atom stereocenters. The Kier molecular flexibility index (Phi) is 7.30. The summed E-state index contributed by atoms with van der Waals surface area (Å²) in [6.45, 7) is 4.49. The molecule has 0 bridgehead atoms. The number of carbonyl (C=O) groups is 1. The minimum absolute atomic E-state index is 0.0546. The SMILES string of the molecule is CCC(C)NC(=NC)NCC(=O)NC1CCCCC1. The number of guanidine groups is 1. The van der Waals surface area contributed by atoms with E-state index in [0.717, 1.165) is 19.3 Å². The van der Waals surface area contributed by atoms with E-state index in [-0.39, 0.29) is 12.5 Å². The molecule has 0 saturated heterocycles. The molecule has 1 saturated carbocycles. The Hall–Kier alpha value is -1.26. The maximum atomic E-state index is 11.8. The second kappa shape index (κ2) is 8.77. The average Bonchev–Trinajstić information content (AvgIpc) is 2.44. The number of aliphatic imine (C=N–C) groups is 1. The Morgan fingerprint density at radius 2 is 2.00 bits per heavy atom. The molecular weight excluding hydrogens is 240 g/mol. The van der Waals surface area contributed by atoms with Crippen molar-refractivity contribution in [2.75, 3.05) is 13.6 Å². The Morgan fingerprint density at radius 1 is 1.32 bits per heavy atom. The first-order valence-corrected chi connectivity index (χ1v) is 7.42. The number of hydrogen-bond acceptors (Lipinski definition) is 2. The van der Waals surface area contributed by atoms with Gasteiger partial charge in [0, 0.05) is 19.1 Å². The zero-order valence-corrected chi connectivity index (χ0v) is 12.5. The van der Waals surface area contributed by atoms with Crippen LogP contribution in [0.15, 0.2) is 4.99 Å². The van der Waals surface area contributed by atoms with Crippen LogP contribution in [0.4, 0.5) is 0 Å². The van der Waals surface area contributed by atoms with Crippen molar-refractivity contribution < 1.29 is 4.79 Å². The molecule has 1 rings (SSSR count). The van der Waals surface area contributed by atoms with Crippen LogP contribution in [-0.4, -0.2) is 37.5 Å². The Labute approximate surface area is 116 Å². The third-order valence-corrected chi connectivity index (χ3v) is 3.61. The summed E-state index contributed by atoms with van der Waals surface area (Å²) in [6, 6.07) is 0.722. The molecule has 1 aliphatic carbocycles. The zero-order chi connectivity index (χ0) is 14.1. The first-order chi connectivity index (χ1) is 9.15. The summed E-state index contributed by atoms with van der Waals surface area (Å²) >= 11 is 0. The predicted molar refractivity (Wildman–Crippen MR) is 79.3 cm³/mol. The van der Waals surface area contributed by atoms with Crippen molar-refractivity contribution in [1.29, 1.82) is 0 Å². The summed E-state index contributed by atoms with van der Waals surface area (Å²) in [4.78, 5) is 15.9. The minimum atomic E-state index is 0.0546. The highest BCUT2D eigenvalue weighted by Gasteiger charge is 2.15. The van der Waals surface area contributed by atoms with Crippen molar-refractivity contribution in [3.8, 4) is 0 Å². The summed E-state index contributed by atoms with van der Waals surface area (Å²) in [7, 11) is 1.72. The summed E-state index contributed by atoms with van der Waals surface area (Å²) in [5, 5.41) is 9.37. The molecule has 3 N–H and O–H groups in total. The van der Waals surface area contributed by atoms with Crippen molar-refractivity contribution in [2.45, 2.75) is 64.5 Å². The average molecular weight is 268 g/mol. The van der Waals surface area contributed by atoms with Crippen LogP contribution in [-0.2, 0) is 4.79 Å². The first-order valence-electron chi connectivity index (χ1n) is 7.42. The Balaban J connectivity index is 2.24. The quantitative estimate of drug-likeness (QED) is 0.521. The summed E-state index contributed by atoms with van der Waals surface area (Å²) in [6.07, 6.45) is 7.02. The summed E-state index contributed by atoms with van der Waals surface area (Å²) in [5.41, 5.74) is 0. The molecule has 1 fully saturated rings. The molecule has 5 nitrogen and oxygen atoms in total. The van der Waals surface area contributed by atoms with Crippen molar-refractivity contribution in [2.24, 2.45) is 4.99 Å². The smallest absolute Gasteiger partial charge is 0.239 e. The Morgan fingerprint density at radius 3 is 2.58 bits per heavy atom. The van der Waals surface area contributed by atoms with Crippen LogP contribution >= 0.6 is 0 Å². The Bertz CT molecular complexity index is 298. The summed E-state index contributed by atoms with van der Waals surface area (Å²) in [5.74, 6) is 0.743. The normalized spacial score (nSPS) is 18.8. The van der Waals surface area contributed by atoms with Crippen LogP contribution in [0.2, 0.25) is 0 Å². The molecule has 0 aromatic heterocycles. The van der Waals surface area contributed by atoms with E-state index in [9.17, 15) is 4.79 Å². The summed E-state index contributed by atoms with van der Waals surface area (Å²) < 4.78 is 0. The number of nitrogens with one attached hydrogen (secondary N) is 3. The molecule has 0 aromatic carbocycles. The molecule has 110 valence electrons. The molecule has 0 spiro atoms. The van der Waals surface area contributed by atoms with E-state index in [4.69, 9.17) is 0 Å². The van der Waals surface area contributed by atoms with Crippen LogP contribution in [0.3, 0.4) is 0 Å². The lowest BCUT2D eigenvalue weighted by atomic mass is 9.95. The molecule has 1 aliphatic rings. The van der Waals surface area contributed by atoms with Crippen LogP contribution in [0.5, 0.6) is 0 Å². The maximum Gasteiger partial charge on any atom is 0.239 e. The number of amides is 1. The molecule has 19 heavy (non-hydrogen) atoms. The fourth-order valence-corrected chi connectivity index (χ4v) is 2.22. The van der Waals surface area contributed by atoms with Gasteiger partial charge in [0.1, 0.15) is 0 Å². The third-order valence-electron chi connectivity index (χ3n) is 3.61. The van der Waals surface area contributed by atoms with E-state index in [0.29, 0.717) is 18.0 Å². The van der Waals surface area contributed by atoms with E-state index in [2.05, 4.69) is 34.8 Å². The lowest BCUT2D eigenvalue weighted by Crippen LogP contribution is -2.47. The van der Waals surface area contributed by atoms with Gasteiger partial charge in [-0.15, -0.1) is 0 Å². The fraction of sp³-hybridized carbons (Fsp3) is 0.857. The van der Waals surface area contributed by atoms with Gasteiger partial charge < -0.3 is 16.0 Å². The highest BCUT2D eigenvalue weighted by molar-refractivity contribution is 5.86. The van der Waals surface area contributed by atoms with E-state index in [1.807, 2.05) is 0 Å². The molecule has 0 aromatic rings. The van der Waals surface area contributed by atoms with Crippen molar-refractivity contribution in [1.82, 2.24) is 16.0 Å². The van der Waals surface area contributed by atoms with E-state index in [1.54, 1.807) is 7.05 Å². The van der Waals surface area contributed by atoms with Crippen LogP contribution in [0, 0.1) is 0 Å². The van der Waals surface area contributed by atoms with Crippen LogP contribution in [0.1, 0.15) is 52.4 Å². The van der Waals surface area contributed by atoms with Gasteiger partial charge in [-0.2, -0.15) is 0 Å². The van der Waals surface area contributed by atoms with Gasteiger partial charge in [-0.25, -0.2) is 0 Å². The predicted octanol–water partition coefficient (Wildman–Crippen LogP) is 1.40. The topological polar surface area (TPSA) is 65.5 Å². The van der Waals surface area contributed by atoms with Gasteiger partial charge in [-0.1, -0.05) is 26.2 Å². The van der Waals surface area contributed by atoms with Gasteiger partial charge in [0.15, 0.2) is 5.96 Å². The molecule has 0 radical (unpaired) electrons. The fourth-order valence-electron chi connectivity index (χ4n) is 2.22.